The molecule has 0 amide bonds. The van der Waals surface area contributed by atoms with Crippen LogP contribution in [0.2, 0.25) is 5.02 Å². The van der Waals surface area contributed by atoms with Crippen LogP contribution in [0, 0.1) is 5.82 Å². The highest BCUT2D eigenvalue weighted by molar-refractivity contribution is 6.30. The van der Waals surface area contributed by atoms with Crippen molar-refractivity contribution in [2.45, 2.75) is 13.2 Å². The maximum Gasteiger partial charge on any atom is 0.170 e. The fourth-order valence-electron chi connectivity index (χ4n) is 1.85. The zero-order valence-corrected chi connectivity index (χ0v) is 11.8. The van der Waals surface area contributed by atoms with Gasteiger partial charge in [-0.25, -0.2) is 4.39 Å². The highest BCUT2D eigenvalue weighted by Gasteiger charge is 2.05. The van der Waals surface area contributed by atoms with Crippen LogP contribution in [0.15, 0.2) is 47.6 Å². The molecule has 6 heteroatoms. The first kappa shape index (κ1) is 15.3. The van der Waals surface area contributed by atoms with Crippen LogP contribution >= 0.6 is 11.6 Å². The van der Waals surface area contributed by atoms with Gasteiger partial charge >= 0.3 is 0 Å². The third kappa shape index (κ3) is 4.44. The molecular weight excluding hydrogens is 295 g/mol. The van der Waals surface area contributed by atoms with Gasteiger partial charge < -0.3 is 15.7 Å². The van der Waals surface area contributed by atoms with E-state index in [0.717, 1.165) is 5.56 Å². The summed E-state index contributed by atoms with van der Waals surface area (Å²) in [6.07, 6.45) is 0. The summed E-state index contributed by atoms with van der Waals surface area (Å²) in [7, 11) is 0. The van der Waals surface area contributed by atoms with Crippen LogP contribution in [-0.4, -0.2) is 11.0 Å². The third-order valence-electron chi connectivity index (χ3n) is 2.79. The quantitative estimate of drug-likeness (QED) is 0.385. The summed E-state index contributed by atoms with van der Waals surface area (Å²) in [4.78, 5) is 0. The van der Waals surface area contributed by atoms with Gasteiger partial charge in [-0.05, 0) is 41.5 Å². The molecule has 0 aromatic heterocycles. The molecule has 0 aliphatic rings. The summed E-state index contributed by atoms with van der Waals surface area (Å²) in [5, 5.41) is 12.1. The lowest BCUT2D eigenvalue weighted by atomic mass is 10.1. The monoisotopic (exact) mass is 308 g/mol. The third-order valence-corrected chi connectivity index (χ3v) is 3.02. The lowest BCUT2D eigenvalue weighted by Crippen LogP contribution is -2.13. The van der Waals surface area contributed by atoms with E-state index in [1.54, 1.807) is 18.2 Å². The zero-order valence-electron chi connectivity index (χ0n) is 11.1. The van der Waals surface area contributed by atoms with Crippen molar-refractivity contribution in [3.8, 4) is 0 Å². The van der Waals surface area contributed by atoms with Gasteiger partial charge in [0.2, 0.25) is 0 Å². The van der Waals surface area contributed by atoms with Gasteiger partial charge in [-0.15, -0.1) is 0 Å². The van der Waals surface area contributed by atoms with Crippen molar-refractivity contribution < 1.29 is 14.3 Å². The lowest BCUT2D eigenvalue weighted by Gasteiger charge is -2.07. The summed E-state index contributed by atoms with van der Waals surface area (Å²) in [5.74, 6) is -0.619. The molecule has 0 atom stereocenters. The fraction of sp³-hybridized carbons (Fsp3) is 0.133. The van der Waals surface area contributed by atoms with Gasteiger partial charge in [-0.2, -0.15) is 0 Å². The zero-order chi connectivity index (χ0) is 15.2. The SMILES string of the molecule is N/C(=N/O)c1cc(F)cc(COCc2cccc(Cl)c2)c1. The van der Waals surface area contributed by atoms with Crippen LogP contribution in [-0.2, 0) is 18.0 Å². The number of hydrogen-bond donors (Lipinski definition) is 2. The van der Waals surface area contributed by atoms with Crippen molar-refractivity contribution in [1.29, 1.82) is 0 Å². The minimum atomic E-state index is -0.472. The maximum absolute atomic E-state index is 13.5. The summed E-state index contributed by atoms with van der Waals surface area (Å²) in [6, 6.07) is 11.4. The number of nitrogens with zero attached hydrogens (tertiary/aromatic N) is 1. The lowest BCUT2D eigenvalue weighted by molar-refractivity contribution is 0.107. The molecule has 4 nitrogen and oxygen atoms in total. The largest absolute Gasteiger partial charge is 0.409 e. The average molecular weight is 309 g/mol. The topological polar surface area (TPSA) is 67.8 Å². The van der Waals surface area contributed by atoms with Gasteiger partial charge in [0.15, 0.2) is 5.84 Å². The van der Waals surface area contributed by atoms with Gasteiger partial charge in [0.1, 0.15) is 5.82 Å². The standard InChI is InChI=1S/C15H14ClFN2O2/c16-13-3-1-2-10(5-13)8-21-9-11-4-12(15(18)19-20)7-14(17)6-11/h1-7,20H,8-9H2,(H2,18,19). The number of rotatable bonds is 5. The van der Waals surface area contributed by atoms with Crippen LogP contribution in [0.5, 0.6) is 0 Å². The summed E-state index contributed by atoms with van der Waals surface area (Å²) >= 11 is 5.88. The molecule has 21 heavy (non-hydrogen) atoms. The Bertz CT molecular complexity index is 662. The second-order valence-electron chi connectivity index (χ2n) is 4.46. The Morgan fingerprint density at radius 3 is 2.67 bits per heavy atom. The Labute approximate surface area is 126 Å². The number of nitrogens with two attached hydrogens (primary N) is 1. The van der Waals surface area contributed by atoms with Crippen LogP contribution < -0.4 is 5.73 Å². The molecule has 0 aliphatic heterocycles. The average Bonchev–Trinajstić information content (AvgIpc) is 2.46. The van der Waals surface area contributed by atoms with E-state index < -0.39 is 5.82 Å². The highest BCUT2D eigenvalue weighted by Crippen LogP contribution is 2.14. The molecular formula is C15H14ClFN2O2. The molecule has 2 aromatic carbocycles. The Kier molecular flexibility index (Phi) is 5.14. The van der Waals surface area contributed by atoms with Gasteiger partial charge in [0.25, 0.3) is 0 Å². The molecule has 0 aliphatic carbocycles. The van der Waals surface area contributed by atoms with Crippen molar-refractivity contribution in [3.05, 3.63) is 70.0 Å². The Morgan fingerprint density at radius 1 is 1.19 bits per heavy atom. The van der Waals surface area contributed by atoms with Gasteiger partial charge in [-0.3, -0.25) is 0 Å². The van der Waals surface area contributed by atoms with E-state index in [1.807, 2.05) is 12.1 Å². The minimum absolute atomic E-state index is 0.148. The highest BCUT2D eigenvalue weighted by atomic mass is 35.5. The van der Waals surface area contributed by atoms with Crippen LogP contribution in [0.1, 0.15) is 16.7 Å². The van der Waals surface area contributed by atoms with E-state index in [2.05, 4.69) is 5.16 Å². The Balaban J connectivity index is 2.01. The van der Waals surface area contributed by atoms with Gasteiger partial charge in [0, 0.05) is 10.6 Å². The molecule has 3 N–H and O–H groups in total. The predicted octanol–water partition coefficient (Wildman–Crippen LogP) is 3.29. The molecule has 0 saturated heterocycles. The van der Waals surface area contributed by atoms with Crippen molar-refractivity contribution in [3.63, 3.8) is 0 Å². The second kappa shape index (κ2) is 7.06. The first-order valence-corrected chi connectivity index (χ1v) is 6.56. The number of oxime groups is 1. The number of amidine groups is 1. The molecule has 0 heterocycles. The van der Waals surface area contributed by atoms with E-state index in [-0.39, 0.29) is 12.4 Å². The predicted molar refractivity (Wildman–Crippen MR) is 78.9 cm³/mol. The summed E-state index contributed by atoms with van der Waals surface area (Å²) < 4.78 is 19.0. The van der Waals surface area contributed by atoms with Crippen molar-refractivity contribution in [2.24, 2.45) is 10.9 Å². The van der Waals surface area contributed by atoms with Gasteiger partial charge in [-0.1, -0.05) is 28.9 Å². The summed E-state index contributed by atoms with van der Waals surface area (Å²) in [6.45, 7) is 0.561. The maximum atomic E-state index is 13.5. The molecule has 0 spiro atoms. The summed E-state index contributed by atoms with van der Waals surface area (Å²) in [5.41, 5.74) is 7.27. The first-order valence-electron chi connectivity index (χ1n) is 6.18. The molecule has 2 rings (SSSR count). The smallest absolute Gasteiger partial charge is 0.170 e. The van der Waals surface area contributed by atoms with Crippen molar-refractivity contribution in [2.75, 3.05) is 0 Å². The minimum Gasteiger partial charge on any atom is -0.409 e. The Morgan fingerprint density at radius 2 is 1.95 bits per heavy atom. The molecule has 0 unspecified atom stereocenters. The van der Waals surface area contributed by atoms with E-state index in [0.29, 0.717) is 22.8 Å². The molecule has 0 radical (unpaired) electrons. The number of halogens is 2. The first-order chi connectivity index (χ1) is 10.1. The number of hydrogen-bond acceptors (Lipinski definition) is 3. The van der Waals surface area contributed by atoms with Crippen molar-refractivity contribution >= 4 is 17.4 Å². The number of benzene rings is 2. The normalized spacial score (nSPS) is 11.6. The van der Waals surface area contributed by atoms with E-state index in [9.17, 15) is 4.39 Å². The molecule has 0 saturated carbocycles. The van der Waals surface area contributed by atoms with Crippen LogP contribution in [0.3, 0.4) is 0 Å². The molecule has 2 aromatic rings. The molecule has 0 fully saturated rings. The Hall–Kier alpha value is -2.11. The fourth-order valence-corrected chi connectivity index (χ4v) is 2.07. The van der Waals surface area contributed by atoms with Crippen molar-refractivity contribution in [1.82, 2.24) is 0 Å². The molecule has 110 valence electrons. The van der Waals surface area contributed by atoms with Crippen LogP contribution in [0.4, 0.5) is 4.39 Å². The second-order valence-corrected chi connectivity index (χ2v) is 4.89. The van der Waals surface area contributed by atoms with Crippen LogP contribution in [0.25, 0.3) is 0 Å². The van der Waals surface area contributed by atoms with E-state index >= 15 is 0 Å². The van der Waals surface area contributed by atoms with E-state index in [4.69, 9.17) is 27.3 Å². The van der Waals surface area contributed by atoms with Gasteiger partial charge in [0.05, 0.1) is 13.2 Å². The molecule has 0 bridgehead atoms. The number of ether oxygens (including phenoxy) is 1. The van der Waals surface area contributed by atoms with E-state index in [1.165, 1.54) is 12.1 Å².